The maximum Gasteiger partial charge on any atom is 0.270 e. The molecule has 1 saturated carbocycles. The van der Waals surface area contributed by atoms with Gasteiger partial charge in [0, 0.05) is 12.7 Å². The van der Waals surface area contributed by atoms with E-state index in [1.165, 1.54) is 18.3 Å². The van der Waals surface area contributed by atoms with Gasteiger partial charge >= 0.3 is 0 Å². The molecule has 1 heterocycles. The SMILES string of the molecule is CC(CN)(NC(=O)c1ccc(C(N)=O)cn1)C1CC1. The minimum Gasteiger partial charge on any atom is -0.366 e. The summed E-state index contributed by atoms with van der Waals surface area (Å²) < 4.78 is 0. The molecule has 1 aliphatic carbocycles. The second-order valence-corrected chi connectivity index (χ2v) is 5.15. The lowest BCUT2D eigenvalue weighted by Crippen LogP contribution is -2.53. The molecule has 6 heteroatoms. The highest BCUT2D eigenvalue weighted by molar-refractivity contribution is 5.95. The smallest absolute Gasteiger partial charge is 0.270 e. The number of carbonyl (C=O) groups is 2. The van der Waals surface area contributed by atoms with Gasteiger partial charge in [-0.15, -0.1) is 0 Å². The topological polar surface area (TPSA) is 111 Å². The van der Waals surface area contributed by atoms with E-state index in [0.29, 0.717) is 12.5 Å². The quantitative estimate of drug-likeness (QED) is 0.695. The minimum absolute atomic E-state index is 0.255. The Hall–Kier alpha value is -1.95. The van der Waals surface area contributed by atoms with Gasteiger partial charge in [0.05, 0.1) is 11.1 Å². The molecule has 2 rings (SSSR count). The Kier molecular flexibility index (Phi) is 3.53. The minimum atomic E-state index is -0.566. The van der Waals surface area contributed by atoms with Gasteiger partial charge in [-0.3, -0.25) is 14.6 Å². The number of carbonyl (C=O) groups excluding carboxylic acids is 2. The number of primary amides is 1. The van der Waals surface area contributed by atoms with Crippen LogP contribution >= 0.6 is 0 Å². The highest BCUT2D eigenvalue weighted by Gasteiger charge is 2.41. The van der Waals surface area contributed by atoms with Crippen LogP contribution in [0.4, 0.5) is 0 Å². The summed E-state index contributed by atoms with van der Waals surface area (Å²) in [6, 6.07) is 2.97. The van der Waals surface area contributed by atoms with Gasteiger partial charge in [-0.05, 0) is 37.8 Å². The fraction of sp³-hybridized carbons (Fsp3) is 0.462. The van der Waals surface area contributed by atoms with Crippen molar-refractivity contribution >= 4 is 11.8 Å². The second-order valence-electron chi connectivity index (χ2n) is 5.15. The first-order valence-corrected chi connectivity index (χ1v) is 6.25. The molecule has 102 valence electrons. The standard InChI is InChI=1S/C13H18N4O2/c1-13(7-14,9-3-4-9)17-12(19)10-5-2-8(6-16-10)11(15)18/h2,5-6,9H,3-4,7,14H2,1H3,(H2,15,18)(H,17,19). The molecule has 1 fully saturated rings. The van der Waals surface area contributed by atoms with Crippen LogP contribution in [-0.4, -0.2) is 28.9 Å². The predicted molar refractivity (Wildman–Crippen MR) is 70.4 cm³/mol. The Morgan fingerprint density at radius 2 is 2.16 bits per heavy atom. The van der Waals surface area contributed by atoms with Crippen LogP contribution in [0.25, 0.3) is 0 Å². The zero-order valence-corrected chi connectivity index (χ0v) is 10.8. The summed E-state index contributed by atoms with van der Waals surface area (Å²) in [6.07, 6.45) is 3.47. The van der Waals surface area contributed by atoms with Crippen molar-refractivity contribution in [1.29, 1.82) is 0 Å². The lowest BCUT2D eigenvalue weighted by molar-refractivity contribution is 0.0891. The largest absolute Gasteiger partial charge is 0.366 e. The summed E-state index contributed by atoms with van der Waals surface area (Å²) in [7, 11) is 0. The molecule has 2 amide bonds. The van der Waals surface area contributed by atoms with Crippen LogP contribution < -0.4 is 16.8 Å². The fourth-order valence-electron chi connectivity index (χ4n) is 2.04. The molecule has 1 aliphatic rings. The first-order chi connectivity index (χ1) is 8.96. The van der Waals surface area contributed by atoms with Crippen molar-refractivity contribution in [2.24, 2.45) is 17.4 Å². The molecule has 1 aromatic rings. The number of rotatable bonds is 5. The molecule has 6 nitrogen and oxygen atoms in total. The third-order valence-electron chi connectivity index (χ3n) is 3.58. The summed E-state index contributed by atoms with van der Waals surface area (Å²) in [5.41, 5.74) is 11.0. The molecule has 0 aromatic carbocycles. The van der Waals surface area contributed by atoms with E-state index in [2.05, 4.69) is 10.3 Å². The predicted octanol–water partition coefficient (Wildman–Crippen LogP) is 0.0377. The highest BCUT2D eigenvalue weighted by Crippen LogP contribution is 2.39. The molecule has 0 bridgehead atoms. The first-order valence-electron chi connectivity index (χ1n) is 6.25. The molecule has 0 spiro atoms. The van der Waals surface area contributed by atoms with E-state index in [1.807, 2.05) is 6.92 Å². The van der Waals surface area contributed by atoms with Crippen molar-refractivity contribution in [2.75, 3.05) is 6.54 Å². The van der Waals surface area contributed by atoms with E-state index < -0.39 is 5.91 Å². The van der Waals surface area contributed by atoms with E-state index >= 15 is 0 Å². The molecule has 0 radical (unpaired) electrons. The summed E-state index contributed by atoms with van der Waals surface area (Å²) in [5, 5.41) is 2.93. The Labute approximate surface area is 111 Å². The van der Waals surface area contributed by atoms with E-state index in [0.717, 1.165) is 12.8 Å². The zero-order chi connectivity index (χ0) is 14.0. The maximum absolute atomic E-state index is 12.1. The molecule has 1 aromatic heterocycles. The van der Waals surface area contributed by atoms with Gasteiger partial charge in [-0.1, -0.05) is 0 Å². The van der Waals surface area contributed by atoms with Crippen LogP contribution in [-0.2, 0) is 0 Å². The average Bonchev–Trinajstić information content (AvgIpc) is 3.23. The van der Waals surface area contributed by atoms with Crippen LogP contribution in [0.2, 0.25) is 0 Å². The molecule has 19 heavy (non-hydrogen) atoms. The zero-order valence-electron chi connectivity index (χ0n) is 10.8. The van der Waals surface area contributed by atoms with Crippen molar-refractivity contribution in [3.63, 3.8) is 0 Å². The average molecular weight is 262 g/mol. The summed E-state index contributed by atoms with van der Waals surface area (Å²) >= 11 is 0. The lowest BCUT2D eigenvalue weighted by atomic mass is 9.96. The van der Waals surface area contributed by atoms with Gasteiger partial charge in [0.25, 0.3) is 5.91 Å². The number of nitrogens with two attached hydrogens (primary N) is 2. The maximum atomic E-state index is 12.1. The van der Waals surface area contributed by atoms with Crippen LogP contribution in [0.1, 0.15) is 40.6 Å². The Morgan fingerprint density at radius 3 is 2.58 bits per heavy atom. The summed E-state index contributed by atoms with van der Waals surface area (Å²) in [5.74, 6) is -0.411. The molecular formula is C13H18N4O2. The van der Waals surface area contributed by atoms with Crippen LogP contribution in [0.5, 0.6) is 0 Å². The lowest BCUT2D eigenvalue weighted by Gasteiger charge is -2.29. The Balaban J connectivity index is 2.09. The van der Waals surface area contributed by atoms with E-state index in [4.69, 9.17) is 11.5 Å². The molecule has 0 aliphatic heterocycles. The van der Waals surface area contributed by atoms with E-state index in [1.54, 1.807) is 0 Å². The van der Waals surface area contributed by atoms with Crippen LogP contribution in [0, 0.1) is 5.92 Å². The Bertz CT molecular complexity index is 496. The van der Waals surface area contributed by atoms with Crippen molar-refractivity contribution in [3.05, 3.63) is 29.6 Å². The van der Waals surface area contributed by atoms with Crippen molar-refractivity contribution < 1.29 is 9.59 Å². The third-order valence-corrected chi connectivity index (χ3v) is 3.58. The third kappa shape index (κ3) is 2.90. The van der Waals surface area contributed by atoms with Crippen molar-refractivity contribution in [2.45, 2.75) is 25.3 Å². The van der Waals surface area contributed by atoms with Crippen LogP contribution in [0.3, 0.4) is 0 Å². The van der Waals surface area contributed by atoms with Gasteiger partial charge in [-0.2, -0.15) is 0 Å². The highest BCUT2D eigenvalue weighted by atomic mass is 16.2. The van der Waals surface area contributed by atoms with Gasteiger partial charge in [-0.25, -0.2) is 0 Å². The van der Waals surface area contributed by atoms with E-state index in [-0.39, 0.29) is 22.7 Å². The van der Waals surface area contributed by atoms with Gasteiger partial charge in [0.1, 0.15) is 5.69 Å². The monoisotopic (exact) mass is 262 g/mol. The molecule has 1 unspecified atom stereocenters. The van der Waals surface area contributed by atoms with Gasteiger partial charge < -0.3 is 16.8 Å². The van der Waals surface area contributed by atoms with Gasteiger partial charge in [0.2, 0.25) is 5.91 Å². The number of hydrogen-bond acceptors (Lipinski definition) is 4. The second kappa shape index (κ2) is 4.97. The number of hydrogen-bond donors (Lipinski definition) is 3. The molecule has 1 atom stereocenters. The summed E-state index contributed by atoms with van der Waals surface area (Å²) in [6.45, 7) is 2.34. The molecule has 5 N–H and O–H groups in total. The fourth-order valence-corrected chi connectivity index (χ4v) is 2.04. The normalized spacial score (nSPS) is 17.6. The van der Waals surface area contributed by atoms with Crippen molar-refractivity contribution in [1.82, 2.24) is 10.3 Å². The number of pyridine rings is 1. The van der Waals surface area contributed by atoms with Crippen molar-refractivity contribution in [3.8, 4) is 0 Å². The molecular weight excluding hydrogens is 244 g/mol. The number of aromatic nitrogens is 1. The first kappa shape index (κ1) is 13.5. The number of nitrogens with one attached hydrogen (secondary N) is 1. The van der Waals surface area contributed by atoms with Crippen LogP contribution in [0.15, 0.2) is 18.3 Å². The molecule has 0 saturated heterocycles. The Morgan fingerprint density at radius 1 is 1.47 bits per heavy atom. The van der Waals surface area contributed by atoms with E-state index in [9.17, 15) is 9.59 Å². The number of nitrogens with zero attached hydrogens (tertiary/aromatic N) is 1. The summed E-state index contributed by atoms with van der Waals surface area (Å²) in [4.78, 5) is 27.0. The number of amides is 2. The van der Waals surface area contributed by atoms with Gasteiger partial charge in [0.15, 0.2) is 0 Å².